The van der Waals surface area contributed by atoms with Crippen LogP contribution in [0.25, 0.3) is 0 Å². The molecule has 0 radical (unpaired) electrons. The van der Waals surface area contributed by atoms with E-state index in [9.17, 15) is 14.4 Å². The van der Waals surface area contributed by atoms with Crippen molar-refractivity contribution in [1.82, 2.24) is 0 Å². The van der Waals surface area contributed by atoms with Crippen molar-refractivity contribution in [3.8, 4) is 0 Å². The second kappa shape index (κ2) is 66.6. The van der Waals surface area contributed by atoms with Crippen molar-refractivity contribution in [2.45, 2.75) is 322 Å². The van der Waals surface area contributed by atoms with Crippen molar-refractivity contribution >= 4 is 17.9 Å². The van der Waals surface area contributed by atoms with Crippen LogP contribution in [0.3, 0.4) is 0 Å². The molecule has 6 heteroatoms. The molecule has 0 aromatic heterocycles. The number of ether oxygens (including phenoxy) is 3. The Morgan fingerprint density at radius 3 is 0.848 bits per heavy atom. The van der Waals surface area contributed by atoms with Gasteiger partial charge in [-0.2, -0.15) is 0 Å². The summed E-state index contributed by atoms with van der Waals surface area (Å²) in [5.74, 6) is -0.948. The van der Waals surface area contributed by atoms with Crippen LogP contribution in [-0.4, -0.2) is 37.2 Å². The van der Waals surface area contributed by atoms with E-state index in [1.807, 2.05) is 0 Å². The Bertz CT molecular complexity index is 1590. The zero-order valence-electron chi connectivity index (χ0n) is 51.9. The second-order valence-electron chi connectivity index (χ2n) is 22.0. The molecule has 0 aliphatic carbocycles. The third kappa shape index (κ3) is 64.8. The van der Waals surface area contributed by atoms with Gasteiger partial charge in [-0.05, 0) is 122 Å². The van der Waals surface area contributed by atoms with Crippen molar-refractivity contribution < 1.29 is 28.6 Å². The smallest absolute Gasteiger partial charge is 0.306 e. The lowest BCUT2D eigenvalue weighted by Gasteiger charge is -2.18. The van der Waals surface area contributed by atoms with Gasteiger partial charge >= 0.3 is 17.9 Å². The van der Waals surface area contributed by atoms with Gasteiger partial charge in [-0.25, -0.2) is 0 Å². The van der Waals surface area contributed by atoms with Gasteiger partial charge in [0, 0.05) is 19.3 Å². The first kappa shape index (κ1) is 75.1. The fourth-order valence-electron chi connectivity index (χ4n) is 9.24. The molecule has 1 unspecified atom stereocenters. The Morgan fingerprint density at radius 2 is 0.519 bits per heavy atom. The molecule has 79 heavy (non-hydrogen) atoms. The van der Waals surface area contributed by atoms with E-state index in [0.29, 0.717) is 19.3 Å². The predicted octanol–water partition coefficient (Wildman–Crippen LogP) is 23.0. The molecule has 0 bridgehead atoms. The van der Waals surface area contributed by atoms with Crippen LogP contribution < -0.4 is 0 Å². The van der Waals surface area contributed by atoms with Gasteiger partial charge in [0.1, 0.15) is 13.2 Å². The standard InChI is InChI=1S/C73H124O6/c1-4-7-10-13-16-19-22-25-27-28-29-30-31-32-33-34-35-36-37-38-39-40-41-42-43-44-46-48-51-54-57-60-63-66-72(75)78-69-70(68-77-71(74)65-62-59-56-53-50-47-24-21-18-15-12-9-6-3)79-73(76)67-64-61-58-55-52-49-45-26-23-20-17-14-11-8-5-2/h8,11-12,15,17,20-22,24-26,28-29,31-32,45,52,55,70H,4-7,9-10,13-14,16,18-19,23,27,30,33-44,46-51,53-54,56-69H2,1-3H3/b11-8-,15-12-,20-17-,24-21-,25-22-,29-28-,32-31-,45-26-,55-52-. The minimum absolute atomic E-state index is 0.0984. The highest BCUT2D eigenvalue weighted by molar-refractivity contribution is 5.71. The Hall–Kier alpha value is -3.93. The highest BCUT2D eigenvalue weighted by Gasteiger charge is 2.19. The molecule has 0 amide bonds. The fourth-order valence-corrected chi connectivity index (χ4v) is 9.24. The Morgan fingerprint density at radius 1 is 0.266 bits per heavy atom. The normalized spacial score (nSPS) is 12.8. The number of carbonyl (C=O) groups is 3. The zero-order valence-corrected chi connectivity index (χ0v) is 51.9. The summed E-state index contributed by atoms with van der Waals surface area (Å²) in [6, 6.07) is 0. The van der Waals surface area contributed by atoms with Crippen molar-refractivity contribution in [2.24, 2.45) is 0 Å². The summed E-state index contributed by atoms with van der Waals surface area (Å²) >= 11 is 0. The monoisotopic (exact) mass is 1100 g/mol. The first-order chi connectivity index (χ1) is 39.0. The van der Waals surface area contributed by atoms with Gasteiger partial charge in [0.25, 0.3) is 0 Å². The van der Waals surface area contributed by atoms with Gasteiger partial charge in [-0.15, -0.1) is 0 Å². The highest BCUT2D eigenvalue weighted by Crippen LogP contribution is 2.17. The van der Waals surface area contributed by atoms with E-state index < -0.39 is 6.10 Å². The summed E-state index contributed by atoms with van der Waals surface area (Å²) in [7, 11) is 0. The minimum Gasteiger partial charge on any atom is -0.462 e. The van der Waals surface area contributed by atoms with Gasteiger partial charge in [0.15, 0.2) is 6.10 Å². The van der Waals surface area contributed by atoms with Crippen LogP contribution in [0.15, 0.2) is 109 Å². The number of hydrogen-bond donors (Lipinski definition) is 0. The molecule has 452 valence electrons. The molecule has 0 spiro atoms. The Kier molecular flexibility index (Phi) is 63.3. The van der Waals surface area contributed by atoms with E-state index in [4.69, 9.17) is 14.2 Å². The van der Waals surface area contributed by atoms with E-state index in [-0.39, 0.29) is 37.5 Å². The summed E-state index contributed by atoms with van der Waals surface area (Å²) < 4.78 is 16.9. The molecule has 0 N–H and O–H groups in total. The van der Waals surface area contributed by atoms with Crippen LogP contribution in [0.4, 0.5) is 0 Å². The average molecular weight is 1100 g/mol. The van der Waals surface area contributed by atoms with Crippen molar-refractivity contribution in [3.05, 3.63) is 109 Å². The summed E-state index contributed by atoms with van der Waals surface area (Å²) in [4.78, 5) is 38.2. The maximum Gasteiger partial charge on any atom is 0.306 e. The lowest BCUT2D eigenvalue weighted by molar-refractivity contribution is -0.167. The molecule has 0 rings (SSSR count). The second-order valence-corrected chi connectivity index (χ2v) is 22.0. The van der Waals surface area contributed by atoms with Crippen LogP contribution in [0, 0.1) is 0 Å². The van der Waals surface area contributed by atoms with Gasteiger partial charge in [-0.1, -0.05) is 284 Å². The Balaban J connectivity index is 4.18. The maximum atomic E-state index is 12.9. The molecule has 6 nitrogen and oxygen atoms in total. The molecule has 0 aromatic rings. The molecule has 0 aliphatic heterocycles. The van der Waals surface area contributed by atoms with E-state index in [1.54, 1.807) is 0 Å². The molecule has 0 saturated heterocycles. The Labute approximate surface area is 489 Å². The number of allylic oxidation sites excluding steroid dienone is 18. The molecule has 1 atom stereocenters. The first-order valence-corrected chi connectivity index (χ1v) is 33.4. The highest BCUT2D eigenvalue weighted by atomic mass is 16.6. The lowest BCUT2D eigenvalue weighted by Crippen LogP contribution is -2.30. The number of unbranched alkanes of at least 4 members (excludes halogenated alkanes) is 31. The van der Waals surface area contributed by atoms with Crippen molar-refractivity contribution in [3.63, 3.8) is 0 Å². The van der Waals surface area contributed by atoms with Gasteiger partial charge < -0.3 is 14.2 Å². The largest absolute Gasteiger partial charge is 0.462 e. The predicted molar refractivity (Wildman–Crippen MR) is 343 cm³/mol. The maximum absolute atomic E-state index is 12.9. The fraction of sp³-hybridized carbons (Fsp3) is 0.712. The van der Waals surface area contributed by atoms with Crippen molar-refractivity contribution in [1.29, 1.82) is 0 Å². The van der Waals surface area contributed by atoms with Crippen LogP contribution in [-0.2, 0) is 28.6 Å². The summed E-state index contributed by atoms with van der Waals surface area (Å²) in [6.07, 6.45) is 91.3. The molecule has 0 fully saturated rings. The van der Waals surface area contributed by atoms with Crippen LogP contribution in [0.5, 0.6) is 0 Å². The van der Waals surface area contributed by atoms with E-state index >= 15 is 0 Å². The molecule has 0 aliphatic rings. The number of rotatable bonds is 60. The molecular formula is C73H124O6. The first-order valence-electron chi connectivity index (χ1n) is 33.4. The summed E-state index contributed by atoms with van der Waals surface area (Å²) in [5, 5.41) is 0. The van der Waals surface area contributed by atoms with Crippen LogP contribution in [0.2, 0.25) is 0 Å². The van der Waals surface area contributed by atoms with E-state index in [0.717, 1.165) is 122 Å². The average Bonchev–Trinajstić information content (AvgIpc) is 3.45. The number of esters is 3. The van der Waals surface area contributed by atoms with Gasteiger partial charge in [0.05, 0.1) is 0 Å². The third-order valence-electron chi connectivity index (χ3n) is 14.2. The zero-order chi connectivity index (χ0) is 57.1. The summed E-state index contributed by atoms with van der Waals surface area (Å²) in [6.45, 7) is 6.42. The van der Waals surface area contributed by atoms with Gasteiger partial charge in [-0.3, -0.25) is 14.4 Å². The summed E-state index contributed by atoms with van der Waals surface area (Å²) in [5.41, 5.74) is 0. The quantitative estimate of drug-likeness (QED) is 0.0261. The van der Waals surface area contributed by atoms with Crippen LogP contribution >= 0.6 is 0 Å². The lowest BCUT2D eigenvalue weighted by atomic mass is 10.0. The number of hydrogen-bond acceptors (Lipinski definition) is 6. The molecule has 0 heterocycles. The molecule has 0 aromatic carbocycles. The SMILES string of the molecule is CC/C=C\C/C=C\C/C=C\C/C=C\CCCCC(=O)OC(COC(=O)CCCCCCC/C=C\C/C=C\CCC)COC(=O)CCCCCCCCCCCCCCCCCCCC/C=C\C/C=C\C/C=C\CCCCCCC. The van der Waals surface area contributed by atoms with E-state index in [1.165, 1.54) is 148 Å². The van der Waals surface area contributed by atoms with Crippen LogP contribution in [0.1, 0.15) is 316 Å². The van der Waals surface area contributed by atoms with Gasteiger partial charge in [0.2, 0.25) is 0 Å². The van der Waals surface area contributed by atoms with E-state index in [2.05, 4.69) is 130 Å². The third-order valence-corrected chi connectivity index (χ3v) is 14.2. The molecular weight excluding hydrogens is 973 g/mol. The minimum atomic E-state index is -0.807. The van der Waals surface area contributed by atoms with Crippen molar-refractivity contribution in [2.75, 3.05) is 13.2 Å². The topological polar surface area (TPSA) is 78.9 Å². The molecule has 0 saturated carbocycles. The number of carbonyl (C=O) groups excluding carboxylic acids is 3.